The van der Waals surface area contributed by atoms with E-state index in [2.05, 4.69) is 51.2 Å². The van der Waals surface area contributed by atoms with Gasteiger partial charge in [0.2, 0.25) is 5.82 Å². The van der Waals surface area contributed by atoms with Gasteiger partial charge in [-0.15, -0.1) is 0 Å². The van der Waals surface area contributed by atoms with E-state index in [1.54, 1.807) is 6.20 Å². The summed E-state index contributed by atoms with van der Waals surface area (Å²) in [6, 6.07) is 14.0. The zero-order valence-electron chi connectivity index (χ0n) is 13.7. The molecule has 0 bridgehead atoms. The zero-order valence-corrected chi connectivity index (χ0v) is 13.7. The second kappa shape index (κ2) is 6.43. The third-order valence-corrected chi connectivity index (χ3v) is 4.58. The van der Waals surface area contributed by atoms with E-state index in [1.165, 1.54) is 18.5 Å². The van der Waals surface area contributed by atoms with Crippen LogP contribution in [0.2, 0.25) is 0 Å². The smallest absolute Gasteiger partial charge is 0.276 e. The molecule has 5 heteroatoms. The maximum Gasteiger partial charge on any atom is 0.276 e. The summed E-state index contributed by atoms with van der Waals surface area (Å²) in [5, 5.41) is 4.08. The van der Waals surface area contributed by atoms with Crippen molar-refractivity contribution in [1.82, 2.24) is 15.1 Å². The molecule has 2 aromatic heterocycles. The van der Waals surface area contributed by atoms with Crippen molar-refractivity contribution < 1.29 is 4.52 Å². The Labute approximate surface area is 141 Å². The SMILES string of the molecule is CC1CCN(c2ccc(-c3noc(-c4ccccn4)n3)cc2)CC1. The lowest BCUT2D eigenvalue weighted by molar-refractivity contribution is 0.431. The summed E-state index contributed by atoms with van der Waals surface area (Å²) in [4.78, 5) is 11.1. The fourth-order valence-electron chi connectivity index (χ4n) is 3.02. The summed E-state index contributed by atoms with van der Waals surface area (Å²) < 4.78 is 5.33. The average Bonchev–Trinajstić information content (AvgIpc) is 3.13. The molecule has 0 saturated carbocycles. The summed E-state index contributed by atoms with van der Waals surface area (Å²) in [6.07, 6.45) is 4.24. The molecule has 0 unspecified atom stereocenters. The van der Waals surface area contributed by atoms with Gasteiger partial charge in [0.05, 0.1) is 0 Å². The lowest BCUT2D eigenvalue weighted by Crippen LogP contribution is -2.32. The molecule has 1 aromatic carbocycles. The van der Waals surface area contributed by atoms with E-state index < -0.39 is 0 Å². The summed E-state index contributed by atoms with van der Waals surface area (Å²) in [7, 11) is 0. The van der Waals surface area contributed by atoms with Crippen molar-refractivity contribution in [3.63, 3.8) is 0 Å². The van der Waals surface area contributed by atoms with Crippen LogP contribution in [0, 0.1) is 5.92 Å². The molecule has 0 radical (unpaired) electrons. The Bertz CT molecular complexity index is 790. The van der Waals surface area contributed by atoms with Crippen LogP contribution in [-0.4, -0.2) is 28.2 Å². The molecular weight excluding hydrogens is 300 g/mol. The van der Waals surface area contributed by atoms with Crippen molar-refractivity contribution >= 4 is 5.69 Å². The van der Waals surface area contributed by atoms with Gasteiger partial charge in [0.25, 0.3) is 5.89 Å². The van der Waals surface area contributed by atoms with Gasteiger partial charge in [0.15, 0.2) is 0 Å². The molecule has 5 nitrogen and oxygen atoms in total. The van der Waals surface area contributed by atoms with Gasteiger partial charge in [-0.2, -0.15) is 4.98 Å². The fraction of sp³-hybridized carbons (Fsp3) is 0.316. The van der Waals surface area contributed by atoms with E-state index in [-0.39, 0.29) is 0 Å². The van der Waals surface area contributed by atoms with Crippen LogP contribution in [0.25, 0.3) is 23.0 Å². The van der Waals surface area contributed by atoms with Crippen molar-refractivity contribution in [3.8, 4) is 23.0 Å². The first kappa shape index (κ1) is 14.9. The van der Waals surface area contributed by atoms with Gasteiger partial charge in [-0.3, -0.25) is 4.98 Å². The first-order valence-corrected chi connectivity index (χ1v) is 8.40. The van der Waals surface area contributed by atoms with Crippen molar-refractivity contribution in [3.05, 3.63) is 48.7 Å². The van der Waals surface area contributed by atoms with E-state index in [1.807, 2.05) is 18.2 Å². The minimum Gasteiger partial charge on any atom is -0.372 e. The molecule has 0 atom stereocenters. The fourth-order valence-corrected chi connectivity index (χ4v) is 3.02. The second-order valence-electron chi connectivity index (χ2n) is 6.35. The number of hydrogen-bond acceptors (Lipinski definition) is 5. The molecule has 1 saturated heterocycles. The monoisotopic (exact) mass is 320 g/mol. The summed E-state index contributed by atoms with van der Waals surface area (Å²) in [6.45, 7) is 4.59. The quantitative estimate of drug-likeness (QED) is 0.729. The number of aromatic nitrogens is 3. The number of nitrogens with zero attached hydrogens (tertiary/aromatic N) is 4. The van der Waals surface area contributed by atoms with Crippen molar-refractivity contribution in [2.24, 2.45) is 5.92 Å². The van der Waals surface area contributed by atoms with E-state index in [0.29, 0.717) is 17.4 Å². The maximum absolute atomic E-state index is 5.33. The summed E-state index contributed by atoms with van der Waals surface area (Å²) >= 11 is 0. The molecule has 0 spiro atoms. The number of rotatable bonds is 3. The van der Waals surface area contributed by atoms with Gasteiger partial charge < -0.3 is 9.42 Å². The largest absolute Gasteiger partial charge is 0.372 e. The predicted octanol–water partition coefficient (Wildman–Crippen LogP) is 4.03. The minimum atomic E-state index is 0.444. The van der Waals surface area contributed by atoms with Gasteiger partial charge in [-0.25, -0.2) is 0 Å². The highest BCUT2D eigenvalue weighted by molar-refractivity contribution is 5.62. The Morgan fingerprint density at radius 1 is 1.04 bits per heavy atom. The molecule has 1 fully saturated rings. The van der Waals surface area contributed by atoms with Crippen LogP contribution in [0.1, 0.15) is 19.8 Å². The molecule has 4 rings (SSSR count). The van der Waals surface area contributed by atoms with Crippen LogP contribution in [0.5, 0.6) is 0 Å². The summed E-state index contributed by atoms with van der Waals surface area (Å²) in [5.41, 5.74) is 2.91. The lowest BCUT2D eigenvalue weighted by Gasteiger charge is -2.32. The van der Waals surface area contributed by atoms with Crippen LogP contribution in [0.15, 0.2) is 53.2 Å². The van der Waals surface area contributed by atoms with Gasteiger partial charge in [-0.1, -0.05) is 18.1 Å². The minimum absolute atomic E-state index is 0.444. The number of anilines is 1. The van der Waals surface area contributed by atoms with Gasteiger partial charge >= 0.3 is 0 Å². The van der Waals surface area contributed by atoms with Gasteiger partial charge in [0, 0.05) is 30.5 Å². The molecule has 122 valence electrons. The van der Waals surface area contributed by atoms with Gasteiger partial charge in [-0.05, 0) is 55.2 Å². The topological polar surface area (TPSA) is 55.1 Å². The van der Waals surface area contributed by atoms with Crippen LogP contribution >= 0.6 is 0 Å². The molecule has 0 aliphatic carbocycles. The molecule has 24 heavy (non-hydrogen) atoms. The number of hydrogen-bond donors (Lipinski definition) is 0. The average molecular weight is 320 g/mol. The highest BCUT2D eigenvalue weighted by atomic mass is 16.5. The van der Waals surface area contributed by atoms with Crippen LogP contribution in [0.4, 0.5) is 5.69 Å². The highest BCUT2D eigenvalue weighted by Crippen LogP contribution is 2.26. The van der Waals surface area contributed by atoms with E-state index in [9.17, 15) is 0 Å². The number of pyridine rings is 1. The summed E-state index contributed by atoms with van der Waals surface area (Å²) in [5.74, 6) is 1.87. The molecule has 0 amide bonds. The molecule has 1 aliphatic heterocycles. The van der Waals surface area contributed by atoms with E-state index in [4.69, 9.17) is 4.52 Å². The van der Waals surface area contributed by atoms with E-state index >= 15 is 0 Å². The maximum atomic E-state index is 5.33. The Morgan fingerprint density at radius 2 is 1.83 bits per heavy atom. The molecular formula is C19H20N4O. The standard InChI is InChI=1S/C19H20N4O/c1-14-9-12-23(13-10-14)16-7-5-15(6-8-16)18-21-19(24-22-18)17-4-2-3-11-20-17/h2-8,11,14H,9-10,12-13H2,1H3. The highest BCUT2D eigenvalue weighted by Gasteiger charge is 2.16. The number of benzene rings is 1. The third kappa shape index (κ3) is 3.02. The normalized spacial score (nSPS) is 15.6. The second-order valence-corrected chi connectivity index (χ2v) is 6.35. The van der Waals surface area contributed by atoms with Gasteiger partial charge in [0.1, 0.15) is 5.69 Å². The van der Waals surface area contributed by atoms with Crippen molar-refractivity contribution in [2.45, 2.75) is 19.8 Å². The zero-order chi connectivity index (χ0) is 16.4. The van der Waals surface area contributed by atoms with E-state index in [0.717, 1.165) is 24.6 Å². The van der Waals surface area contributed by atoms with Crippen LogP contribution in [-0.2, 0) is 0 Å². The molecule has 3 aromatic rings. The Morgan fingerprint density at radius 3 is 2.54 bits per heavy atom. The Balaban J connectivity index is 1.52. The lowest BCUT2D eigenvalue weighted by atomic mass is 9.98. The first-order chi connectivity index (χ1) is 11.8. The molecule has 3 heterocycles. The van der Waals surface area contributed by atoms with Crippen LogP contribution < -0.4 is 4.90 Å². The predicted molar refractivity (Wildman–Crippen MR) is 93.6 cm³/mol. The molecule has 1 aliphatic rings. The first-order valence-electron chi connectivity index (χ1n) is 8.40. The van der Waals surface area contributed by atoms with Crippen molar-refractivity contribution in [1.29, 1.82) is 0 Å². The third-order valence-electron chi connectivity index (χ3n) is 4.58. The Kier molecular flexibility index (Phi) is 3.99. The molecule has 0 N–H and O–H groups in total. The van der Waals surface area contributed by atoms with Crippen LogP contribution in [0.3, 0.4) is 0 Å². The Hall–Kier alpha value is -2.69. The number of piperidine rings is 1. The van der Waals surface area contributed by atoms with Crippen molar-refractivity contribution in [2.75, 3.05) is 18.0 Å².